The molecule has 0 fully saturated rings. The van der Waals surface area contributed by atoms with E-state index in [1.54, 1.807) is 6.08 Å². The summed E-state index contributed by atoms with van der Waals surface area (Å²) in [6.45, 7) is 0.772. The lowest BCUT2D eigenvalue weighted by Crippen LogP contribution is -2.34. The van der Waals surface area contributed by atoms with Crippen LogP contribution in [0.5, 0.6) is 5.75 Å². The summed E-state index contributed by atoms with van der Waals surface area (Å²) >= 11 is 1.12. The zero-order valence-electron chi connectivity index (χ0n) is 19.3. The highest BCUT2D eigenvalue weighted by Crippen LogP contribution is 2.31. The molecule has 1 heterocycles. The van der Waals surface area contributed by atoms with E-state index in [0.717, 1.165) is 23.0 Å². The standard InChI is InChI=1S/C24H26F2N4O3S/c1-15(2)27-21(31)14-34-24-28-20(13-16-5-7-17(8-6-16)29(3)4)22(32)30(24)18-9-11-19(12-10-18)33-23(25)26/h5-13,15,23H,14H2,1-4H3,(H,27,31). The quantitative estimate of drug-likeness (QED) is 0.559. The number of hydrogen-bond acceptors (Lipinski definition) is 6. The molecule has 0 atom stereocenters. The van der Waals surface area contributed by atoms with Gasteiger partial charge in [-0.1, -0.05) is 23.9 Å². The summed E-state index contributed by atoms with van der Waals surface area (Å²) in [6.07, 6.45) is 1.67. The van der Waals surface area contributed by atoms with Gasteiger partial charge in [0, 0.05) is 25.8 Å². The van der Waals surface area contributed by atoms with Gasteiger partial charge in [0.05, 0.1) is 11.4 Å². The fourth-order valence-electron chi connectivity index (χ4n) is 3.12. The van der Waals surface area contributed by atoms with E-state index in [-0.39, 0.29) is 35.1 Å². The molecule has 0 bridgehead atoms. The Morgan fingerprint density at radius 1 is 1.15 bits per heavy atom. The second kappa shape index (κ2) is 11.1. The Morgan fingerprint density at radius 2 is 1.79 bits per heavy atom. The molecule has 3 rings (SSSR count). The first-order chi connectivity index (χ1) is 16.1. The van der Waals surface area contributed by atoms with Gasteiger partial charge >= 0.3 is 6.61 Å². The predicted molar refractivity (Wildman–Crippen MR) is 132 cm³/mol. The molecule has 10 heteroatoms. The van der Waals surface area contributed by atoms with E-state index in [2.05, 4.69) is 15.0 Å². The Kier molecular flexibility index (Phi) is 8.27. The lowest BCUT2D eigenvalue weighted by Gasteiger charge is -2.18. The largest absolute Gasteiger partial charge is 0.435 e. The van der Waals surface area contributed by atoms with Gasteiger partial charge in [-0.2, -0.15) is 8.78 Å². The van der Waals surface area contributed by atoms with E-state index in [1.165, 1.54) is 29.2 Å². The van der Waals surface area contributed by atoms with Gasteiger partial charge < -0.3 is 15.0 Å². The van der Waals surface area contributed by atoms with E-state index in [0.29, 0.717) is 10.9 Å². The molecule has 0 saturated heterocycles. The molecule has 2 aromatic carbocycles. The molecule has 0 saturated carbocycles. The summed E-state index contributed by atoms with van der Waals surface area (Å²) in [7, 11) is 3.87. The number of anilines is 2. The Balaban J connectivity index is 1.88. The summed E-state index contributed by atoms with van der Waals surface area (Å²) < 4.78 is 29.4. The molecule has 0 aliphatic carbocycles. The van der Waals surface area contributed by atoms with Gasteiger partial charge in [0.25, 0.3) is 5.91 Å². The van der Waals surface area contributed by atoms with Crippen LogP contribution >= 0.6 is 11.8 Å². The van der Waals surface area contributed by atoms with E-state index in [4.69, 9.17) is 0 Å². The minimum atomic E-state index is -2.94. The number of aliphatic imine (C=N–C) groups is 1. The van der Waals surface area contributed by atoms with Gasteiger partial charge in [-0.25, -0.2) is 4.99 Å². The van der Waals surface area contributed by atoms with Crippen molar-refractivity contribution in [3.05, 3.63) is 59.8 Å². The Labute approximate surface area is 201 Å². The van der Waals surface area contributed by atoms with Crippen LogP contribution in [0, 0.1) is 0 Å². The molecular weight excluding hydrogens is 462 g/mol. The van der Waals surface area contributed by atoms with Gasteiger partial charge in [-0.05, 0) is 61.9 Å². The van der Waals surface area contributed by atoms with Crippen molar-refractivity contribution in [2.45, 2.75) is 26.5 Å². The number of hydrogen-bond donors (Lipinski definition) is 1. The number of alkyl halides is 2. The highest BCUT2D eigenvalue weighted by atomic mass is 32.2. The number of carbonyl (C=O) groups excluding carboxylic acids is 2. The normalized spacial score (nSPS) is 14.7. The van der Waals surface area contributed by atoms with Crippen LogP contribution in [0.25, 0.3) is 6.08 Å². The van der Waals surface area contributed by atoms with Crippen molar-refractivity contribution in [2.24, 2.45) is 4.99 Å². The highest BCUT2D eigenvalue weighted by molar-refractivity contribution is 8.14. The van der Waals surface area contributed by atoms with Crippen LogP contribution in [-0.4, -0.2) is 49.5 Å². The van der Waals surface area contributed by atoms with Crippen LogP contribution in [0.15, 0.2) is 59.2 Å². The molecule has 180 valence electrons. The minimum absolute atomic E-state index is 0.0145. The Morgan fingerprint density at radius 3 is 2.35 bits per heavy atom. The lowest BCUT2D eigenvalue weighted by atomic mass is 10.1. The molecule has 1 aliphatic heterocycles. The van der Waals surface area contributed by atoms with Crippen LogP contribution in [0.4, 0.5) is 20.2 Å². The average molecular weight is 489 g/mol. The van der Waals surface area contributed by atoms with Crippen molar-refractivity contribution < 1.29 is 23.1 Å². The van der Waals surface area contributed by atoms with E-state index >= 15 is 0 Å². The van der Waals surface area contributed by atoms with E-state index < -0.39 is 6.61 Å². The number of nitrogens with one attached hydrogen (secondary N) is 1. The molecule has 2 amide bonds. The van der Waals surface area contributed by atoms with Crippen molar-refractivity contribution in [2.75, 3.05) is 29.6 Å². The maximum absolute atomic E-state index is 13.3. The van der Waals surface area contributed by atoms with Crippen LogP contribution in [-0.2, 0) is 9.59 Å². The van der Waals surface area contributed by atoms with Crippen LogP contribution in [0.1, 0.15) is 19.4 Å². The summed E-state index contributed by atoms with van der Waals surface area (Å²) in [6, 6.07) is 13.3. The van der Waals surface area contributed by atoms with Crippen LogP contribution < -0.4 is 19.9 Å². The Hall–Kier alpha value is -3.40. The van der Waals surface area contributed by atoms with Crippen LogP contribution in [0.3, 0.4) is 0 Å². The number of halogens is 2. The molecule has 34 heavy (non-hydrogen) atoms. The molecule has 7 nitrogen and oxygen atoms in total. The predicted octanol–water partition coefficient (Wildman–Crippen LogP) is 4.36. The summed E-state index contributed by atoms with van der Waals surface area (Å²) in [5.74, 6) is -0.527. The van der Waals surface area contributed by atoms with Crippen molar-refractivity contribution in [1.82, 2.24) is 5.32 Å². The topological polar surface area (TPSA) is 74.2 Å². The molecule has 0 unspecified atom stereocenters. The zero-order valence-corrected chi connectivity index (χ0v) is 20.1. The average Bonchev–Trinajstić information content (AvgIpc) is 3.07. The maximum Gasteiger partial charge on any atom is 0.387 e. The first kappa shape index (κ1) is 25.2. The molecule has 2 aromatic rings. The molecular formula is C24H26F2N4O3S. The summed E-state index contributed by atoms with van der Waals surface area (Å²) in [5, 5.41) is 3.12. The number of thioether (sulfide) groups is 1. The first-order valence-corrected chi connectivity index (χ1v) is 11.5. The van der Waals surface area contributed by atoms with Crippen molar-refractivity contribution in [3.8, 4) is 5.75 Å². The third kappa shape index (κ3) is 6.57. The van der Waals surface area contributed by atoms with Gasteiger partial charge in [0.1, 0.15) is 11.4 Å². The number of rotatable bonds is 8. The fourth-order valence-corrected chi connectivity index (χ4v) is 3.94. The SMILES string of the molecule is CC(C)NC(=O)CSC1=NC(=Cc2ccc(N(C)C)cc2)C(=O)N1c1ccc(OC(F)F)cc1. The van der Waals surface area contributed by atoms with Crippen molar-refractivity contribution >= 4 is 46.2 Å². The number of carbonyl (C=O) groups is 2. The molecule has 0 aromatic heterocycles. The molecule has 1 N–H and O–H groups in total. The second-order valence-corrected chi connectivity index (χ2v) is 8.88. The van der Waals surface area contributed by atoms with Crippen molar-refractivity contribution in [1.29, 1.82) is 0 Å². The third-order valence-electron chi connectivity index (χ3n) is 4.64. The minimum Gasteiger partial charge on any atom is -0.435 e. The molecule has 0 spiro atoms. The number of amides is 2. The van der Waals surface area contributed by atoms with E-state index in [1.807, 2.05) is 57.1 Å². The van der Waals surface area contributed by atoms with E-state index in [9.17, 15) is 18.4 Å². The monoisotopic (exact) mass is 488 g/mol. The van der Waals surface area contributed by atoms with Gasteiger partial charge in [0.2, 0.25) is 5.91 Å². The second-order valence-electron chi connectivity index (χ2n) is 7.93. The fraction of sp³-hybridized carbons (Fsp3) is 0.292. The number of ether oxygens (including phenoxy) is 1. The lowest BCUT2D eigenvalue weighted by molar-refractivity contribution is -0.119. The van der Waals surface area contributed by atoms with Crippen molar-refractivity contribution in [3.63, 3.8) is 0 Å². The molecule has 1 aliphatic rings. The smallest absolute Gasteiger partial charge is 0.387 e. The summed E-state index contributed by atoms with van der Waals surface area (Å²) in [4.78, 5) is 33.2. The molecule has 0 radical (unpaired) electrons. The maximum atomic E-state index is 13.3. The summed E-state index contributed by atoms with van der Waals surface area (Å²) in [5.41, 5.74) is 2.44. The van der Waals surface area contributed by atoms with Crippen LogP contribution in [0.2, 0.25) is 0 Å². The highest BCUT2D eigenvalue weighted by Gasteiger charge is 2.32. The number of amidine groups is 1. The number of nitrogens with zero attached hydrogens (tertiary/aromatic N) is 3. The van der Waals surface area contributed by atoms with Gasteiger partial charge in [0.15, 0.2) is 5.17 Å². The zero-order chi connectivity index (χ0) is 24.8. The number of benzene rings is 2. The third-order valence-corrected chi connectivity index (χ3v) is 5.58. The first-order valence-electron chi connectivity index (χ1n) is 10.5. The van der Waals surface area contributed by atoms with Gasteiger partial charge in [-0.3, -0.25) is 14.5 Å². The Bertz CT molecular complexity index is 1080. The van der Waals surface area contributed by atoms with Gasteiger partial charge in [-0.15, -0.1) is 0 Å².